The molecule has 0 amide bonds. The van der Waals surface area contributed by atoms with Crippen molar-refractivity contribution in [3.8, 4) is 29.3 Å². The van der Waals surface area contributed by atoms with Crippen LogP contribution in [0.3, 0.4) is 0 Å². The Morgan fingerprint density at radius 2 is 2.03 bits per heavy atom. The first kappa shape index (κ1) is 20.7. The minimum Gasteiger partial charge on any atom is -0.488 e. The summed E-state index contributed by atoms with van der Waals surface area (Å²) in [5.41, 5.74) is 8.82. The zero-order valence-electron chi connectivity index (χ0n) is 17.8. The molecule has 1 atom stereocenters. The van der Waals surface area contributed by atoms with Gasteiger partial charge < -0.3 is 15.4 Å². The quantitative estimate of drug-likeness (QED) is 0.560. The first-order chi connectivity index (χ1) is 15.0. The molecule has 31 heavy (non-hydrogen) atoms. The zero-order valence-corrected chi connectivity index (χ0v) is 17.8. The van der Waals surface area contributed by atoms with Crippen LogP contribution >= 0.6 is 0 Å². The molecule has 0 unspecified atom stereocenters. The molecule has 2 N–H and O–H groups in total. The summed E-state index contributed by atoms with van der Waals surface area (Å²) in [6.07, 6.45) is 9.20. The van der Waals surface area contributed by atoms with Crippen molar-refractivity contribution in [2.45, 2.75) is 51.7 Å². The second kappa shape index (κ2) is 8.65. The van der Waals surface area contributed by atoms with Gasteiger partial charge in [0.1, 0.15) is 23.2 Å². The van der Waals surface area contributed by atoms with Crippen LogP contribution in [0.25, 0.3) is 16.8 Å². The fraction of sp³-hybridized carbons (Fsp3) is 0.500. The molecule has 2 aromatic heterocycles. The smallest absolute Gasteiger partial charge is 0.179 e. The van der Waals surface area contributed by atoms with Gasteiger partial charge in [-0.3, -0.25) is 4.98 Å². The van der Waals surface area contributed by atoms with Crippen LogP contribution in [0.4, 0.5) is 0 Å². The first-order valence-electron chi connectivity index (χ1n) is 10.6. The maximum atomic E-state index is 9.43. The SMILES string of the molecule is Cc1c(-c2cnc(/C(C#N)=C\N)c(O[C@H](C)C3CC3)c2)nnn1C1CCN(C#N)CC1. The van der Waals surface area contributed by atoms with Gasteiger partial charge in [-0.05, 0) is 51.5 Å². The molecule has 160 valence electrons. The number of ether oxygens (including phenoxy) is 1. The highest BCUT2D eigenvalue weighted by molar-refractivity contribution is 5.79. The lowest BCUT2D eigenvalue weighted by atomic mass is 10.0. The van der Waals surface area contributed by atoms with Crippen LogP contribution < -0.4 is 10.5 Å². The van der Waals surface area contributed by atoms with Crippen molar-refractivity contribution in [1.29, 1.82) is 10.5 Å². The van der Waals surface area contributed by atoms with Gasteiger partial charge in [0.15, 0.2) is 6.19 Å². The average Bonchev–Trinajstić information content (AvgIpc) is 3.58. The number of nitrogens with zero attached hydrogens (tertiary/aromatic N) is 7. The minimum absolute atomic E-state index is 0.0376. The van der Waals surface area contributed by atoms with E-state index in [1.54, 1.807) is 11.1 Å². The van der Waals surface area contributed by atoms with Gasteiger partial charge in [0.2, 0.25) is 0 Å². The maximum absolute atomic E-state index is 9.43. The Labute approximate surface area is 181 Å². The normalized spacial score (nSPS) is 18.3. The second-order valence-electron chi connectivity index (χ2n) is 8.21. The van der Waals surface area contributed by atoms with Gasteiger partial charge in [-0.1, -0.05) is 5.21 Å². The van der Waals surface area contributed by atoms with Crippen molar-refractivity contribution in [2.75, 3.05) is 13.1 Å². The topological polar surface area (TPSA) is 130 Å². The third-order valence-electron chi connectivity index (χ3n) is 6.15. The van der Waals surface area contributed by atoms with Gasteiger partial charge in [-0.15, -0.1) is 5.10 Å². The van der Waals surface area contributed by atoms with Gasteiger partial charge >= 0.3 is 0 Å². The monoisotopic (exact) mass is 418 g/mol. The van der Waals surface area contributed by atoms with Crippen LogP contribution in [0.15, 0.2) is 18.5 Å². The van der Waals surface area contributed by atoms with E-state index in [2.05, 4.69) is 27.6 Å². The van der Waals surface area contributed by atoms with Crippen LogP contribution in [0.1, 0.15) is 50.0 Å². The van der Waals surface area contributed by atoms with Gasteiger partial charge in [0, 0.05) is 31.0 Å². The van der Waals surface area contributed by atoms with E-state index >= 15 is 0 Å². The van der Waals surface area contributed by atoms with Crippen molar-refractivity contribution in [3.05, 3.63) is 29.9 Å². The fourth-order valence-electron chi connectivity index (χ4n) is 4.06. The number of pyridine rings is 1. The van der Waals surface area contributed by atoms with Crippen molar-refractivity contribution >= 4 is 5.57 Å². The van der Waals surface area contributed by atoms with Crippen molar-refractivity contribution in [2.24, 2.45) is 11.7 Å². The minimum atomic E-state index is 0.0376. The third kappa shape index (κ3) is 4.17. The van der Waals surface area contributed by atoms with E-state index in [4.69, 9.17) is 15.7 Å². The number of allylic oxidation sites excluding steroid dienone is 1. The molecular weight excluding hydrogens is 392 g/mol. The zero-order chi connectivity index (χ0) is 22.0. The van der Waals surface area contributed by atoms with E-state index in [9.17, 15) is 5.26 Å². The van der Waals surface area contributed by atoms with Crippen molar-refractivity contribution < 1.29 is 4.74 Å². The van der Waals surface area contributed by atoms with Gasteiger partial charge in [-0.2, -0.15) is 10.5 Å². The number of nitrogens with two attached hydrogens (primary N) is 1. The van der Waals surface area contributed by atoms with Gasteiger partial charge in [-0.25, -0.2) is 4.68 Å². The molecule has 4 rings (SSSR count). The van der Waals surface area contributed by atoms with Crippen LogP contribution in [-0.4, -0.2) is 44.1 Å². The number of likely N-dealkylation sites (tertiary alicyclic amines) is 1. The summed E-state index contributed by atoms with van der Waals surface area (Å²) in [4.78, 5) is 6.27. The van der Waals surface area contributed by atoms with E-state index in [0.29, 0.717) is 17.4 Å². The Bertz CT molecular complexity index is 1060. The Hall–Kier alpha value is -3.59. The maximum Gasteiger partial charge on any atom is 0.179 e. The fourth-order valence-corrected chi connectivity index (χ4v) is 4.06. The highest BCUT2D eigenvalue weighted by atomic mass is 16.5. The molecule has 2 aromatic rings. The molecule has 1 aliphatic heterocycles. The Morgan fingerprint density at radius 1 is 1.29 bits per heavy atom. The Balaban J connectivity index is 1.64. The average molecular weight is 419 g/mol. The molecule has 1 saturated carbocycles. The lowest BCUT2D eigenvalue weighted by Gasteiger charge is -2.28. The molecule has 1 aliphatic carbocycles. The summed E-state index contributed by atoms with van der Waals surface area (Å²) < 4.78 is 8.15. The Kier molecular flexibility index (Phi) is 5.77. The summed E-state index contributed by atoms with van der Waals surface area (Å²) >= 11 is 0. The van der Waals surface area contributed by atoms with E-state index in [-0.39, 0.29) is 17.7 Å². The van der Waals surface area contributed by atoms with Crippen molar-refractivity contribution in [1.82, 2.24) is 24.9 Å². The highest BCUT2D eigenvalue weighted by Crippen LogP contribution is 2.37. The van der Waals surface area contributed by atoms with Crippen LogP contribution in [0.2, 0.25) is 0 Å². The van der Waals surface area contributed by atoms with E-state index in [0.717, 1.165) is 55.7 Å². The summed E-state index contributed by atoms with van der Waals surface area (Å²) in [7, 11) is 0. The lowest BCUT2D eigenvalue weighted by molar-refractivity contribution is 0.197. The molecule has 2 aliphatic rings. The van der Waals surface area contributed by atoms with Crippen LogP contribution in [0.5, 0.6) is 5.75 Å². The molecule has 9 nitrogen and oxygen atoms in total. The number of aromatic nitrogens is 4. The Morgan fingerprint density at radius 3 is 2.65 bits per heavy atom. The lowest BCUT2D eigenvalue weighted by Crippen LogP contribution is -2.31. The molecule has 3 heterocycles. The van der Waals surface area contributed by atoms with Gasteiger partial charge in [0.05, 0.1) is 23.4 Å². The molecule has 0 bridgehead atoms. The number of hydrogen-bond acceptors (Lipinski definition) is 8. The summed E-state index contributed by atoms with van der Waals surface area (Å²) in [6, 6.07) is 4.18. The van der Waals surface area contributed by atoms with Crippen LogP contribution in [0, 0.1) is 35.6 Å². The number of rotatable bonds is 6. The predicted molar refractivity (Wildman–Crippen MR) is 114 cm³/mol. The van der Waals surface area contributed by atoms with Crippen molar-refractivity contribution in [3.63, 3.8) is 0 Å². The predicted octanol–water partition coefficient (Wildman–Crippen LogP) is 2.77. The van der Waals surface area contributed by atoms with E-state index < -0.39 is 0 Å². The van der Waals surface area contributed by atoms with Crippen LogP contribution in [-0.2, 0) is 0 Å². The standard InChI is InChI=1S/C22H26N8O/c1-14-21(27-28-30(14)19-5-7-29(13-25)8-6-19)17-9-20(31-15(2)16-3-4-16)22(26-12-17)18(10-23)11-24/h9-10,12,15-16,19H,3-8,23H2,1-2H3/b18-10-/t15-/m1/s1. The van der Waals surface area contributed by atoms with Gasteiger partial charge in [0.25, 0.3) is 0 Å². The summed E-state index contributed by atoms with van der Waals surface area (Å²) in [5, 5.41) is 27.3. The second-order valence-corrected chi connectivity index (χ2v) is 8.21. The molecule has 9 heteroatoms. The largest absolute Gasteiger partial charge is 0.488 e. The number of hydrogen-bond donors (Lipinski definition) is 1. The number of piperidine rings is 1. The number of nitriles is 2. The summed E-state index contributed by atoms with van der Waals surface area (Å²) in [6.45, 7) is 5.49. The summed E-state index contributed by atoms with van der Waals surface area (Å²) in [5.74, 6) is 1.07. The van der Waals surface area contributed by atoms with E-state index in [1.165, 1.54) is 6.20 Å². The molecule has 0 spiro atoms. The molecule has 0 radical (unpaired) electrons. The molecular formula is C22H26N8O. The third-order valence-corrected chi connectivity index (χ3v) is 6.15. The molecule has 1 saturated heterocycles. The highest BCUT2D eigenvalue weighted by Gasteiger charge is 2.31. The first-order valence-corrected chi connectivity index (χ1v) is 10.6. The molecule has 2 fully saturated rings. The molecule has 0 aromatic carbocycles. The van der Waals surface area contributed by atoms with E-state index in [1.807, 2.05) is 24.6 Å².